The van der Waals surface area contributed by atoms with E-state index in [9.17, 15) is 14.4 Å². The van der Waals surface area contributed by atoms with Gasteiger partial charge in [-0.05, 0) is 53.8 Å². The second-order valence-corrected chi connectivity index (χ2v) is 9.90. The number of nitrogens with one attached hydrogen (secondary N) is 2. The van der Waals surface area contributed by atoms with Crippen molar-refractivity contribution in [1.29, 1.82) is 0 Å². The maximum absolute atomic E-state index is 13.1. The highest BCUT2D eigenvalue weighted by atomic mass is 32.2. The van der Waals surface area contributed by atoms with Gasteiger partial charge >= 0.3 is 0 Å². The van der Waals surface area contributed by atoms with Gasteiger partial charge in [-0.1, -0.05) is 49.9 Å². The Labute approximate surface area is 200 Å². The van der Waals surface area contributed by atoms with Crippen molar-refractivity contribution in [2.45, 2.75) is 18.7 Å². The second-order valence-electron chi connectivity index (χ2n) is 7.87. The average Bonchev–Trinajstić information content (AvgIpc) is 3.41. The van der Waals surface area contributed by atoms with E-state index < -0.39 is 0 Å². The summed E-state index contributed by atoms with van der Waals surface area (Å²) in [5, 5.41) is 7.85. The summed E-state index contributed by atoms with van der Waals surface area (Å²) in [5.74, 6) is -0.623. The third-order valence-corrected chi connectivity index (χ3v) is 6.75. The number of imide groups is 1. The zero-order chi connectivity index (χ0) is 23.4. The van der Waals surface area contributed by atoms with Crippen LogP contribution in [-0.4, -0.2) is 29.2 Å². The Hall–Kier alpha value is -3.36. The number of thioether (sulfide) groups is 1. The summed E-state index contributed by atoms with van der Waals surface area (Å²) in [6.45, 7) is 4.30. The highest BCUT2D eigenvalue weighted by molar-refractivity contribution is 8.04. The lowest BCUT2D eigenvalue weighted by Gasteiger charge is -2.17. The first-order valence-electron chi connectivity index (χ1n) is 10.5. The number of amides is 3. The molecule has 0 spiro atoms. The van der Waals surface area contributed by atoms with E-state index >= 15 is 0 Å². The lowest BCUT2D eigenvalue weighted by Crippen LogP contribution is -2.35. The van der Waals surface area contributed by atoms with Gasteiger partial charge in [0.15, 0.2) is 0 Å². The number of hydrogen-bond donors (Lipinski definition) is 2. The molecule has 0 fully saturated rings. The fourth-order valence-corrected chi connectivity index (χ4v) is 4.84. The van der Waals surface area contributed by atoms with Gasteiger partial charge in [0.25, 0.3) is 17.7 Å². The molecular formula is C25H23N3O3S2. The summed E-state index contributed by atoms with van der Waals surface area (Å²) < 4.78 is 0. The van der Waals surface area contributed by atoms with Gasteiger partial charge in [0, 0.05) is 22.8 Å². The Morgan fingerprint density at radius 1 is 0.939 bits per heavy atom. The lowest BCUT2D eigenvalue weighted by molar-refractivity contribution is -0.137. The Balaban J connectivity index is 1.55. The summed E-state index contributed by atoms with van der Waals surface area (Å²) in [4.78, 5) is 41.5. The maximum atomic E-state index is 13.1. The number of nitrogens with zero attached hydrogens (tertiary/aromatic N) is 1. The maximum Gasteiger partial charge on any atom is 0.278 e. The molecule has 0 bridgehead atoms. The van der Waals surface area contributed by atoms with E-state index in [2.05, 4.69) is 10.6 Å². The number of carbonyl (C=O) groups excluding carboxylic acids is 3. The van der Waals surface area contributed by atoms with E-state index in [4.69, 9.17) is 0 Å². The minimum Gasteiger partial charge on any atom is -0.350 e. The Morgan fingerprint density at radius 3 is 2.30 bits per heavy atom. The molecule has 1 aliphatic rings. The molecule has 2 heterocycles. The van der Waals surface area contributed by atoms with Crippen molar-refractivity contribution < 1.29 is 14.4 Å². The standard InChI is InChI=1S/C25H23N3O3S2/c1-16(2)15-28-24(30)21(26-17-7-4-3-5-8-17)22(25(28)31)33-19-12-10-18(11-13-19)27-23(29)20-9-6-14-32-20/h3-14,16,26H,15H2,1-2H3,(H,27,29). The fourth-order valence-electron chi connectivity index (χ4n) is 3.28. The van der Waals surface area contributed by atoms with Crippen LogP contribution < -0.4 is 10.6 Å². The molecule has 0 unspecified atom stereocenters. The number of hydrogen-bond acceptors (Lipinski definition) is 6. The predicted octanol–water partition coefficient (Wildman–Crippen LogP) is 5.44. The largest absolute Gasteiger partial charge is 0.350 e. The van der Waals surface area contributed by atoms with E-state index in [-0.39, 0.29) is 29.3 Å². The van der Waals surface area contributed by atoms with Crippen LogP contribution in [0.5, 0.6) is 0 Å². The molecule has 0 saturated carbocycles. The molecule has 4 rings (SSSR count). The lowest BCUT2D eigenvalue weighted by atomic mass is 10.2. The van der Waals surface area contributed by atoms with Crippen molar-refractivity contribution in [2.24, 2.45) is 5.92 Å². The fraction of sp³-hybridized carbons (Fsp3) is 0.160. The zero-order valence-corrected chi connectivity index (χ0v) is 19.8. The van der Waals surface area contributed by atoms with Crippen molar-refractivity contribution in [2.75, 3.05) is 17.2 Å². The number of rotatable bonds is 8. The van der Waals surface area contributed by atoms with Crippen LogP contribution in [0.3, 0.4) is 0 Å². The summed E-state index contributed by atoms with van der Waals surface area (Å²) in [6.07, 6.45) is 0. The van der Waals surface area contributed by atoms with E-state index in [1.54, 1.807) is 18.2 Å². The molecule has 0 atom stereocenters. The van der Waals surface area contributed by atoms with Crippen LogP contribution in [-0.2, 0) is 9.59 Å². The van der Waals surface area contributed by atoms with Crippen molar-refractivity contribution in [1.82, 2.24) is 4.90 Å². The highest BCUT2D eigenvalue weighted by Crippen LogP contribution is 2.36. The minimum atomic E-state index is -0.320. The average molecular weight is 478 g/mol. The van der Waals surface area contributed by atoms with E-state index in [1.807, 2.05) is 67.8 Å². The Morgan fingerprint density at radius 2 is 1.67 bits per heavy atom. The molecule has 8 heteroatoms. The van der Waals surface area contributed by atoms with Crippen LogP contribution >= 0.6 is 23.1 Å². The molecule has 1 aliphatic heterocycles. The third kappa shape index (κ3) is 5.35. The molecular weight excluding hydrogens is 454 g/mol. The molecule has 33 heavy (non-hydrogen) atoms. The van der Waals surface area contributed by atoms with Gasteiger partial charge in [0.2, 0.25) is 0 Å². The van der Waals surface area contributed by atoms with Crippen LogP contribution in [0.4, 0.5) is 11.4 Å². The highest BCUT2D eigenvalue weighted by Gasteiger charge is 2.39. The first-order valence-corrected chi connectivity index (χ1v) is 12.2. The molecule has 2 N–H and O–H groups in total. The Bertz CT molecular complexity index is 1190. The van der Waals surface area contributed by atoms with Crippen molar-refractivity contribution in [3.63, 3.8) is 0 Å². The monoisotopic (exact) mass is 477 g/mol. The van der Waals surface area contributed by atoms with E-state index in [0.29, 0.717) is 22.0 Å². The smallest absolute Gasteiger partial charge is 0.278 e. The normalized spacial score (nSPS) is 13.7. The van der Waals surface area contributed by atoms with Crippen LogP contribution in [0.15, 0.2) is 87.6 Å². The number of anilines is 2. The van der Waals surface area contributed by atoms with Crippen molar-refractivity contribution in [3.05, 3.63) is 87.6 Å². The van der Waals surface area contributed by atoms with Gasteiger partial charge in [0.05, 0.1) is 4.88 Å². The van der Waals surface area contributed by atoms with E-state index in [1.165, 1.54) is 28.0 Å². The zero-order valence-electron chi connectivity index (χ0n) is 18.2. The van der Waals surface area contributed by atoms with Crippen LogP contribution in [0, 0.1) is 5.92 Å². The topological polar surface area (TPSA) is 78.5 Å². The van der Waals surface area contributed by atoms with Crippen molar-refractivity contribution >= 4 is 52.2 Å². The van der Waals surface area contributed by atoms with Gasteiger partial charge in [0.1, 0.15) is 10.6 Å². The quantitative estimate of drug-likeness (QED) is 0.422. The van der Waals surface area contributed by atoms with Gasteiger partial charge < -0.3 is 10.6 Å². The van der Waals surface area contributed by atoms with Crippen LogP contribution in [0.1, 0.15) is 23.5 Å². The number of thiophene rings is 1. The molecule has 0 radical (unpaired) electrons. The molecule has 168 valence electrons. The van der Waals surface area contributed by atoms with Gasteiger partial charge in [-0.25, -0.2) is 0 Å². The summed E-state index contributed by atoms with van der Waals surface area (Å²) >= 11 is 2.62. The molecule has 1 aromatic heterocycles. The number of para-hydroxylation sites is 1. The van der Waals surface area contributed by atoms with Crippen LogP contribution in [0.25, 0.3) is 0 Å². The summed E-state index contributed by atoms with van der Waals surface area (Å²) in [5.41, 5.74) is 1.68. The summed E-state index contributed by atoms with van der Waals surface area (Å²) in [6, 6.07) is 20.1. The van der Waals surface area contributed by atoms with Crippen molar-refractivity contribution in [3.8, 4) is 0 Å². The first kappa shape index (κ1) is 22.8. The van der Waals surface area contributed by atoms with Gasteiger partial charge in [-0.15, -0.1) is 11.3 Å². The molecule has 6 nitrogen and oxygen atoms in total. The molecule has 3 amide bonds. The molecule has 0 aliphatic carbocycles. The Kier molecular flexibility index (Phi) is 6.96. The molecule has 2 aromatic carbocycles. The molecule has 3 aromatic rings. The minimum absolute atomic E-state index is 0.159. The summed E-state index contributed by atoms with van der Waals surface area (Å²) in [7, 11) is 0. The van der Waals surface area contributed by atoms with E-state index in [0.717, 1.165) is 10.6 Å². The number of carbonyl (C=O) groups is 3. The third-order valence-electron chi connectivity index (χ3n) is 4.79. The predicted molar refractivity (Wildman–Crippen MR) is 133 cm³/mol. The SMILES string of the molecule is CC(C)CN1C(=O)C(Nc2ccccc2)=C(Sc2ccc(NC(=O)c3cccs3)cc2)C1=O. The second kappa shape index (κ2) is 10.1. The number of benzene rings is 2. The first-order chi connectivity index (χ1) is 15.9. The van der Waals surface area contributed by atoms with Gasteiger partial charge in [-0.3, -0.25) is 19.3 Å². The van der Waals surface area contributed by atoms with Gasteiger partial charge in [-0.2, -0.15) is 0 Å². The van der Waals surface area contributed by atoms with Crippen LogP contribution in [0.2, 0.25) is 0 Å². The molecule has 0 saturated heterocycles.